The van der Waals surface area contributed by atoms with Gasteiger partial charge in [-0.2, -0.15) is 0 Å². The Morgan fingerprint density at radius 3 is 2.89 bits per heavy atom. The summed E-state index contributed by atoms with van der Waals surface area (Å²) in [5.41, 5.74) is 0. The molecule has 0 saturated carbocycles. The molecule has 18 heavy (non-hydrogen) atoms. The van der Waals surface area contributed by atoms with Gasteiger partial charge < -0.3 is 9.64 Å². The molecule has 1 fully saturated rings. The summed E-state index contributed by atoms with van der Waals surface area (Å²) in [5, 5.41) is 2.07. The maximum Gasteiger partial charge on any atom is 0.236 e. The molecule has 2 heterocycles. The van der Waals surface area contributed by atoms with E-state index in [0.717, 1.165) is 13.1 Å². The number of carbonyl (C=O) groups excluding carboxylic acids is 1. The third-order valence-corrected chi connectivity index (χ3v) is 4.41. The number of hydrogen-bond donors (Lipinski definition) is 0. The van der Waals surface area contributed by atoms with Crippen LogP contribution in [0, 0.1) is 0 Å². The molecule has 1 atom stereocenters. The van der Waals surface area contributed by atoms with Crippen molar-refractivity contribution in [3.05, 3.63) is 22.4 Å². The van der Waals surface area contributed by atoms with E-state index in [2.05, 4.69) is 23.3 Å². The van der Waals surface area contributed by atoms with Crippen LogP contribution in [0.5, 0.6) is 0 Å². The number of carbonyl (C=O) groups is 1. The van der Waals surface area contributed by atoms with E-state index in [4.69, 9.17) is 4.74 Å². The second-order valence-electron chi connectivity index (χ2n) is 4.60. The van der Waals surface area contributed by atoms with Crippen molar-refractivity contribution < 1.29 is 9.53 Å². The first-order valence-electron chi connectivity index (χ1n) is 6.27. The molecule has 0 aliphatic carbocycles. The maximum atomic E-state index is 12.1. The summed E-state index contributed by atoms with van der Waals surface area (Å²) < 4.78 is 5.26. The number of amides is 1. The Morgan fingerprint density at radius 1 is 1.56 bits per heavy atom. The number of morpholine rings is 1. The fourth-order valence-electron chi connectivity index (χ4n) is 2.01. The molecular formula is C13H20N2O2S. The average molecular weight is 268 g/mol. The van der Waals surface area contributed by atoms with Gasteiger partial charge in [0.2, 0.25) is 5.91 Å². The van der Waals surface area contributed by atoms with Crippen LogP contribution in [-0.4, -0.2) is 55.6 Å². The molecule has 0 spiro atoms. The van der Waals surface area contributed by atoms with Crippen molar-refractivity contribution in [2.45, 2.75) is 13.0 Å². The fourth-order valence-corrected chi connectivity index (χ4v) is 2.86. The quantitative estimate of drug-likeness (QED) is 0.831. The predicted octanol–water partition coefficient (Wildman–Crippen LogP) is 1.60. The number of rotatable bonds is 4. The Kier molecular flexibility index (Phi) is 4.74. The summed E-state index contributed by atoms with van der Waals surface area (Å²) in [6.45, 7) is 5.38. The Balaban J connectivity index is 1.86. The third-order valence-electron chi connectivity index (χ3n) is 3.36. The Labute approximate surface area is 112 Å². The topological polar surface area (TPSA) is 32.8 Å². The molecule has 100 valence electrons. The number of likely N-dealkylation sites (N-methyl/N-ethyl adjacent to an activating group) is 1. The lowest BCUT2D eigenvalue weighted by Crippen LogP contribution is -2.45. The highest BCUT2D eigenvalue weighted by Crippen LogP contribution is 2.23. The van der Waals surface area contributed by atoms with Gasteiger partial charge in [-0.3, -0.25) is 9.69 Å². The van der Waals surface area contributed by atoms with E-state index in [0.29, 0.717) is 19.8 Å². The largest absolute Gasteiger partial charge is 0.378 e. The first-order chi connectivity index (χ1) is 8.68. The molecular weight excluding hydrogens is 248 g/mol. The number of thiophene rings is 1. The first-order valence-corrected chi connectivity index (χ1v) is 7.15. The van der Waals surface area contributed by atoms with E-state index in [1.807, 2.05) is 18.0 Å². The smallest absolute Gasteiger partial charge is 0.236 e. The van der Waals surface area contributed by atoms with Gasteiger partial charge in [0.1, 0.15) is 0 Å². The third kappa shape index (κ3) is 3.31. The van der Waals surface area contributed by atoms with Gasteiger partial charge in [0.05, 0.1) is 19.8 Å². The summed E-state index contributed by atoms with van der Waals surface area (Å²) in [6, 6.07) is 4.45. The van der Waals surface area contributed by atoms with Crippen LogP contribution in [0.3, 0.4) is 0 Å². The summed E-state index contributed by atoms with van der Waals surface area (Å²) in [5.74, 6) is 0.198. The summed E-state index contributed by atoms with van der Waals surface area (Å²) in [6.07, 6.45) is 0. The first kappa shape index (κ1) is 13.5. The van der Waals surface area contributed by atoms with Crippen LogP contribution in [0.4, 0.5) is 0 Å². The molecule has 5 heteroatoms. The van der Waals surface area contributed by atoms with Gasteiger partial charge in [0.25, 0.3) is 0 Å². The number of ether oxygens (including phenoxy) is 1. The van der Waals surface area contributed by atoms with E-state index < -0.39 is 0 Å². The molecule has 0 N–H and O–H groups in total. The van der Waals surface area contributed by atoms with E-state index in [1.165, 1.54) is 4.88 Å². The molecule has 0 radical (unpaired) electrons. The van der Waals surface area contributed by atoms with Gasteiger partial charge in [-0.1, -0.05) is 6.07 Å². The van der Waals surface area contributed by atoms with Gasteiger partial charge in [-0.15, -0.1) is 11.3 Å². The highest BCUT2D eigenvalue weighted by Gasteiger charge is 2.21. The molecule has 1 aromatic rings. The molecule has 1 unspecified atom stereocenters. The number of hydrogen-bond acceptors (Lipinski definition) is 4. The van der Waals surface area contributed by atoms with Gasteiger partial charge in [0.15, 0.2) is 0 Å². The monoisotopic (exact) mass is 268 g/mol. The maximum absolute atomic E-state index is 12.1. The van der Waals surface area contributed by atoms with Gasteiger partial charge in [-0.25, -0.2) is 0 Å². The molecule has 1 aliphatic rings. The molecule has 4 nitrogen and oxygen atoms in total. The van der Waals surface area contributed by atoms with Crippen LogP contribution >= 0.6 is 11.3 Å². The van der Waals surface area contributed by atoms with Gasteiger partial charge in [0, 0.05) is 24.0 Å². The van der Waals surface area contributed by atoms with Crippen molar-refractivity contribution in [1.29, 1.82) is 0 Å². The highest BCUT2D eigenvalue weighted by molar-refractivity contribution is 7.10. The summed E-state index contributed by atoms with van der Waals surface area (Å²) in [7, 11) is 2.00. The van der Waals surface area contributed by atoms with Crippen LogP contribution in [0.15, 0.2) is 17.5 Å². The molecule has 0 aromatic carbocycles. The van der Waals surface area contributed by atoms with Crippen molar-refractivity contribution in [3.8, 4) is 0 Å². The second kappa shape index (κ2) is 6.31. The Bertz CT molecular complexity index is 374. The van der Waals surface area contributed by atoms with Crippen LogP contribution < -0.4 is 0 Å². The van der Waals surface area contributed by atoms with Crippen LogP contribution in [-0.2, 0) is 9.53 Å². The van der Waals surface area contributed by atoms with Crippen molar-refractivity contribution in [1.82, 2.24) is 9.80 Å². The standard InChI is InChI=1S/C13H20N2O2S/c1-11(12-4-3-9-18-12)14(2)10-13(16)15-5-7-17-8-6-15/h3-4,9,11H,5-8,10H2,1-2H3. The lowest BCUT2D eigenvalue weighted by molar-refractivity contribution is -0.136. The normalized spacial score (nSPS) is 18.1. The van der Waals surface area contributed by atoms with Crippen molar-refractivity contribution in [3.63, 3.8) is 0 Å². The zero-order valence-electron chi connectivity index (χ0n) is 11.0. The number of nitrogens with zero attached hydrogens (tertiary/aromatic N) is 2. The second-order valence-corrected chi connectivity index (χ2v) is 5.58. The average Bonchev–Trinajstić information content (AvgIpc) is 2.92. The molecule has 0 bridgehead atoms. The fraction of sp³-hybridized carbons (Fsp3) is 0.615. The Morgan fingerprint density at radius 2 is 2.28 bits per heavy atom. The molecule has 1 aliphatic heterocycles. The molecule has 1 amide bonds. The molecule has 1 saturated heterocycles. The zero-order valence-corrected chi connectivity index (χ0v) is 11.8. The minimum atomic E-state index is 0.198. The van der Waals surface area contributed by atoms with Crippen molar-refractivity contribution in [2.24, 2.45) is 0 Å². The van der Waals surface area contributed by atoms with Gasteiger partial charge >= 0.3 is 0 Å². The van der Waals surface area contributed by atoms with E-state index in [1.54, 1.807) is 11.3 Å². The lowest BCUT2D eigenvalue weighted by atomic mass is 10.2. The van der Waals surface area contributed by atoms with Crippen molar-refractivity contribution >= 4 is 17.2 Å². The lowest BCUT2D eigenvalue weighted by Gasteiger charge is -2.30. The van der Waals surface area contributed by atoms with Crippen molar-refractivity contribution in [2.75, 3.05) is 39.9 Å². The van der Waals surface area contributed by atoms with E-state index >= 15 is 0 Å². The summed E-state index contributed by atoms with van der Waals surface area (Å²) in [4.78, 5) is 17.4. The van der Waals surface area contributed by atoms with E-state index in [9.17, 15) is 4.79 Å². The molecule has 1 aromatic heterocycles. The Hall–Kier alpha value is -0.910. The summed E-state index contributed by atoms with van der Waals surface area (Å²) >= 11 is 1.74. The minimum Gasteiger partial charge on any atom is -0.378 e. The van der Waals surface area contributed by atoms with Crippen LogP contribution in [0.1, 0.15) is 17.8 Å². The van der Waals surface area contributed by atoms with Crippen LogP contribution in [0.25, 0.3) is 0 Å². The van der Waals surface area contributed by atoms with Crippen LogP contribution in [0.2, 0.25) is 0 Å². The highest BCUT2D eigenvalue weighted by atomic mass is 32.1. The zero-order chi connectivity index (χ0) is 13.0. The van der Waals surface area contributed by atoms with E-state index in [-0.39, 0.29) is 11.9 Å². The van der Waals surface area contributed by atoms with Gasteiger partial charge in [-0.05, 0) is 25.4 Å². The SMILES string of the molecule is CC(c1cccs1)N(C)CC(=O)N1CCOCC1. The predicted molar refractivity (Wildman–Crippen MR) is 72.8 cm³/mol. The molecule has 2 rings (SSSR count). The minimum absolute atomic E-state index is 0.198.